The highest BCUT2D eigenvalue weighted by Crippen LogP contribution is 2.28. The average molecular weight is 204 g/mol. The van der Waals surface area contributed by atoms with Gasteiger partial charge in [0.1, 0.15) is 6.10 Å². The molecule has 1 aliphatic rings. The minimum Gasteiger partial charge on any atom is -0.394 e. The van der Waals surface area contributed by atoms with Crippen molar-refractivity contribution in [1.29, 1.82) is 0 Å². The molecule has 0 aromatic carbocycles. The van der Waals surface area contributed by atoms with E-state index in [1.54, 1.807) is 0 Å². The number of ether oxygens (including phenoxy) is 2. The summed E-state index contributed by atoms with van der Waals surface area (Å²) in [6.07, 6.45) is 0.254. The summed E-state index contributed by atoms with van der Waals surface area (Å²) in [6, 6.07) is 0. The van der Waals surface area contributed by atoms with Crippen LogP contribution >= 0.6 is 0 Å². The van der Waals surface area contributed by atoms with Crippen molar-refractivity contribution in [3.05, 3.63) is 0 Å². The largest absolute Gasteiger partial charge is 0.394 e. The molecule has 0 aliphatic carbocycles. The van der Waals surface area contributed by atoms with Gasteiger partial charge in [0, 0.05) is 13.0 Å². The third-order valence-corrected chi connectivity index (χ3v) is 2.74. The third-order valence-electron chi connectivity index (χ3n) is 2.74. The molecule has 14 heavy (non-hydrogen) atoms. The second-order valence-corrected chi connectivity index (χ2v) is 3.64. The van der Waals surface area contributed by atoms with E-state index in [1.807, 2.05) is 13.8 Å². The molecular weight excluding hydrogens is 184 g/mol. The molecule has 0 saturated carbocycles. The monoisotopic (exact) mass is 204 g/mol. The summed E-state index contributed by atoms with van der Waals surface area (Å²) in [5, 5.41) is 18.8. The number of aliphatic hydroxyl groups excluding tert-OH is 2. The fourth-order valence-electron chi connectivity index (χ4n) is 1.87. The van der Waals surface area contributed by atoms with Gasteiger partial charge in [-0.25, -0.2) is 0 Å². The van der Waals surface area contributed by atoms with Gasteiger partial charge in [-0.05, 0) is 12.8 Å². The summed E-state index contributed by atoms with van der Waals surface area (Å²) in [5.41, 5.74) is 0. The first kappa shape index (κ1) is 11.9. The van der Waals surface area contributed by atoms with Crippen LogP contribution in [0.5, 0.6) is 0 Å². The van der Waals surface area contributed by atoms with E-state index in [9.17, 15) is 5.11 Å². The predicted octanol–water partition coefficient (Wildman–Crippen LogP) is 0.517. The van der Waals surface area contributed by atoms with Gasteiger partial charge in [-0.2, -0.15) is 0 Å². The Morgan fingerprint density at radius 1 is 1.43 bits per heavy atom. The Balaban J connectivity index is 2.53. The first-order chi connectivity index (χ1) is 6.72. The summed E-state index contributed by atoms with van der Waals surface area (Å²) < 4.78 is 10.7. The molecule has 84 valence electrons. The molecule has 4 nitrogen and oxygen atoms in total. The lowest BCUT2D eigenvalue weighted by atomic mass is 9.89. The lowest BCUT2D eigenvalue weighted by Crippen LogP contribution is -2.47. The lowest BCUT2D eigenvalue weighted by molar-refractivity contribution is -0.244. The average Bonchev–Trinajstić information content (AvgIpc) is 2.20. The highest BCUT2D eigenvalue weighted by Gasteiger charge is 2.36. The Labute approximate surface area is 84.8 Å². The lowest BCUT2D eigenvalue weighted by Gasteiger charge is -2.38. The molecule has 0 bridgehead atoms. The van der Waals surface area contributed by atoms with Crippen LogP contribution in [0.4, 0.5) is 0 Å². The second kappa shape index (κ2) is 5.66. The van der Waals surface area contributed by atoms with Crippen molar-refractivity contribution >= 4 is 0 Å². The second-order valence-electron chi connectivity index (χ2n) is 3.64. The number of hydrogen-bond acceptors (Lipinski definition) is 4. The molecule has 2 N–H and O–H groups in total. The molecule has 0 unspecified atom stereocenters. The van der Waals surface area contributed by atoms with Crippen LogP contribution in [0.25, 0.3) is 0 Å². The van der Waals surface area contributed by atoms with Gasteiger partial charge in [0.2, 0.25) is 0 Å². The van der Waals surface area contributed by atoms with Gasteiger partial charge >= 0.3 is 0 Å². The van der Waals surface area contributed by atoms with Crippen LogP contribution in [-0.2, 0) is 9.47 Å². The molecule has 1 heterocycles. The molecule has 4 heteroatoms. The smallest absolute Gasteiger partial charge is 0.158 e. The number of rotatable bonds is 4. The first-order valence-electron chi connectivity index (χ1n) is 5.28. The molecule has 1 aliphatic heterocycles. The Bertz CT molecular complexity index is 148. The van der Waals surface area contributed by atoms with E-state index in [0.29, 0.717) is 13.0 Å². The quantitative estimate of drug-likeness (QED) is 0.701. The molecule has 1 fully saturated rings. The molecule has 4 atom stereocenters. The summed E-state index contributed by atoms with van der Waals surface area (Å²) in [6.45, 7) is 4.37. The maximum Gasteiger partial charge on any atom is 0.158 e. The van der Waals surface area contributed by atoms with Gasteiger partial charge in [0.25, 0.3) is 0 Å². The molecule has 1 rings (SSSR count). The summed E-state index contributed by atoms with van der Waals surface area (Å²) in [4.78, 5) is 0. The molecule has 0 amide bonds. The Morgan fingerprint density at radius 3 is 2.64 bits per heavy atom. The van der Waals surface area contributed by atoms with Crippen LogP contribution in [0.15, 0.2) is 0 Å². The van der Waals surface area contributed by atoms with Crippen molar-refractivity contribution in [3.63, 3.8) is 0 Å². The molecule has 1 saturated heterocycles. The van der Waals surface area contributed by atoms with Gasteiger partial charge in [0.05, 0.1) is 12.7 Å². The van der Waals surface area contributed by atoms with Crippen LogP contribution < -0.4 is 0 Å². The van der Waals surface area contributed by atoms with Crippen LogP contribution in [-0.4, -0.2) is 41.9 Å². The molecule has 0 aromatic heterocycles. The van der Waals surface area contributed by atoms with Gasteiger partial charge in [-0.3, -0.25) is 0 Å². The van der Waals surface area contributed by atoms with E-state index < -0.39 is 12.2 Å². The van der Waals surface area contributed by atoms with E-state index in [-0.39, 0.29) is 18.8 Å². The summed E-state index contributed by atoms with van der Waals surface area (Å²) >= 11 is 0. The molecular formula is C10H20O4. The van der Waals surface area contributed by atoms with E-state index in [0.717, 1.165) is 6.42 Å². The maximum absolute atomic E-state index is 9.77. The summed E-state index contributed by atoms with van der Waals surface area (Å²) in [7, 11) is 0. The highest BCUT2D eigenvalue weighted by atomic mass is 16.7. The predicted molar refractivity (Wildman–Crippen MR) is 51.8 cm³/mol. The van der Waals surface area contributed by atoms with Crippen molar-refractivity contribution in [2.75, 3.05) is 13.2 Å². The number of aliphatic hydroxyl groups is 2. The van der Waals surface area contributed by atoms with Crippen LogP contribution in [0.2, 0.25) is 0 Å². The van der Waals surface area contributed by atoms with Crippen molar-refractivity contribution in [3.8, 4) is 0 Å². The topological polar surface area (TPSA) is 58.9 Å². The van der Waals surface area contributed by atoms with Crippen molar-refractivity contribution in [1.82, 2.24) is 0 Å². The van der Waals surface area contributed by atoms with E-state index in [4.69, 9.17) is 14.6 Å². The van der Waals surface area contributed by atoms with Crippen molar-refractivity contribution in [2.24, 2.45) is 5.92 Å². The highest BCUT2D eigenvalue weighted by molar-refractivity contribution is 4.81. The Hall–Kier alpha value is -0.160. The Morgan fingerprint density at radius 2 is 2.14 bits per heavy atom. The van der Waals surface area contributed by atoms with Gasteiger partial charge in [-0.15, -0.1) is 0 Å². The third kappa shape index (κ3) is 2.67. The van der Waals surface area contributed by atoms with E-state index in [1.165, 1.54) is 0 Å². The normalized spacial score (nSPS) is 38.6. The zero-order chi connectivity index (χ0) is 10.6. The van der Waals surface area contributed by atoms with E-state index >= 15 is 0 Å². The zero-order valence-corrected chi connectivity index (χ0v) is 8.85. The fraction of sp³-hybridized carbons (Fsp3) is 1.00. The maximum atomic E-state index is 9.77. The van der Waals surface area contributed by atoms with Gasteiger partial charge in [0.15, 0.2) is 6.29 Å². The Kier molecular flexibility index (Phi) is 4.81. The standard InChI is InChI=1S/C10H20O4/c1-3-7-5-9(13-4-2)14-8(6-11)10(7)12/h7-12H,3-6H2,1-2H3/t7-,8-,9-,10+/m1/s1. The van der Waals surface area contributed by atoms with Crippen molar-refractivity contribution in [2.45, 2.75) is 45.2 Å². The van der Waals surface area contributed by atoms with Crippen LogP contribution in [0.1, 0.15) is 26.7 Å². The summed E-state index contributed by atoms with van der Waals surface area (Å²) in [5.74, 6) is 0.164. The minimum atomic E-state index is -0.568. The zero-order valence-electron chi connectivity index (χ0n) is 8.85. The fourth-order valence-corrected chi connectivity index (χ4v) is 1.87. The van der Waals surface area contributed by atoms with Gasteiger partial charge < -0.3 is 19.7 Å². The van der Waals surface area contributed by atoms with E-state index in [2.05, 4.69) is 0 Å². The molecule has 0 radical (unpaired) electrons. The minimum absolute atomic E-state index is 0.152. The SMILES string of the molecule is CCO[C@H]1C[C@@H](CC)[C@H](O)[C@@H](CO)O1. The van der Waals surface area contributed by atoms with Crippen LogP contribution in [0, 0.1) is 5.92 Å². The van der Waals surface area contributed by atoms with Gasteiger partial charge in [-0.1, -0.05) is 13.3 Å². The number of hydrogen-bond donors (Lipinski definition) is 2. The van der Waals surface area contributed by atoms with Crippen LogP contribution in [0.3, 0.4) is 0 Å². The van der Waals surface area contributed by atoms with Crippen molar-refractivity contribution < 1.29 is 19.7 Å². The first-order valence-corrected chi connectivity index (χ1v) is 5.28. The molecule has 0 spiro atoms. The molecule has 0 aromatic rings.